The van der Waals surface area contributed by atoms with Crippen molar-refractivity contribution in [3.05, 3.63) is 76.9 Å². The van der Waals surface area contributed by atoms with Crippen LogP contribution in [0.25, 0.3) is 0 Å². The van der Waals surface area contributed by atoms with Crippen LogP contribution in [-0.2, 0) is 11.3 Å². The molecule has 2 aromatic carbocycles. The second-order valence-electron chi connectivity index (χ2n) is 9.67. The number of morpholine rings is 1. The molecule has 0 saturated carbocycles. The van der Waals surface area contributed by atoms with Crippen LogP contribution in [0.5, 0.6) is 5.75 Å². The SMILES string of the molecule is COc1ccccc1N1CCN(C(=O)c2c(C)c(N3CCOCC3)c(C)n2Cc2ccc(F)cc2)CC1. The summed E-state index contributed by atoms with van der Waals surface area (Å²) in [6, 6.07) is 14.5. The first-order valence-corrected chi connectivity index (χ1v) is 12.9. The highest BCUT2D eigenvalue weighted by Crippen LogP contribution is 2.34. The van der Waals surface area contributed by atoms with Crippen molar-refractivity contribution < 1.29 is 18.7 Å². The number of hydrogen-bond donors (Lipinski definition) is 0. The molecule has 7 nitrogen and oxygen atoms in total. The molecule has 1 amide bonds. The van der Waals surface area contributed by atoms with E-state index in [1.165, 1.54) is 12.1 Å². The first kappa shape index (κ1) is 25.1. The molecule has 0 spiro atoms. The summed E-state index contributed by atoms with van der Waals surface area (Å²) >= 11 is 0. The third-order valence-electron chi connectivity index (χ3n) is 7.50. The molecule has 0 radical (unpaired) electrons. The van der Waals surface area contributed by atoms with Gasteiger partial charge in [-0.15, -0.1) is 0 Å². The Labute approximate surface area is 218 Å². The Morgan fingerprint density at radius 3 is 2.27 bits per heavy atom. The van der Waals surface area contributed by atoms with Crippen molar-refractivity contribution in [2.45, 2.75) is 20.4 Å². The zero-order chi connectivity index (χ0) is 25.9. The van der Waals surface area contributed by atoms with Crippen LogP contribution in [0.3, 0.4) is 0 Å². The Kier molecular flexibility index (Phi) is 7.37. The van der Waals surface area contributed by atoms with Crippen molar-refractivity contribution >= 4 is 17.3 Å². The number of methoxy groups -OCH3 is 1. The summed E-state index contributed by atoms with van der Waals surface area (Å²) in [5, 5.41) is 0. The molecule has 5 rings (SSSR count). The van der Waals surface area contributed by atoms with Gasteiger partial charge in [0.15, 0.2) is 0 Å². The number of piperazine rings is 1. The molecule has 0 N–H and O–H groups in total. The van der Waals surface area contributed by atoms with E-state index in [1.807, 2.05) is 23.1 Å². The molecule has 2 saturated heterocycles. The summed E-state index contributed by atoms with van der Waals surface area (Å²) in [7, 11) is 1.69. The minimum absolute atomic E-state index is 0.0434. The number of halogens is 1. The van der Waals surface area contributed by atoms with Crippen molar-refractivity contribution in [2.24, 2.45) is 0 Å². The number of aromatic nitrogens is 1. The van der Waals surface area contributed by atoms with Gasteiger partial charge in [-0.05, 0) is 43.7 Å². The smallest absolute Gasteiger partial charge is 0.270 e. The third-order valence-corrected chi connectivity index (χ3v) is 7.50. The largest absolute Gasteiger partial charge is 0.495 e. The Balaban J connectivity index is 1.43. The van der Waals surface area contributed by atoms with Gasteiger partial charge in [0, 0.05) is 57.1 Å². The maximum absolute atomic E-state index is 14.1. The van der Waals surface area contributed by atoms with Crippen molar-refractivity contribution in [1.82, 2.24) is 9.47 Å². The number of carbonyl (C=O) groups is 1. The number of hydrogen-bond acceptors (Lipinski definition) is 5. The van der Waals surface area contributed by atoms with Crippen molar-refractivity contribution in [2.75, 3.05) is 69.4 Å². The minimum atomic E-state index is -0.262. The summed E-state index contributed by atoms with van der Waals surface area (Å²) in [5.74, 6) is 0.626. The van der Waals surface area contributed by atoms with Crippen LogP contribution in [0.2, 0.25) is 0 Å². The summed E-state index contributed by atoms with van der Waals surface area (Å²) in [6.07, 6.45) is 0. The Bertz CT molecular complexity index is 1240. The number of amides is 1. The molecule has 196 valence electrons. The first-order valence-electron chi connectivity index (χ1n) is 12.9. The van der Waals surface area contributed by atoms with Crippen molar-refractivity contribution in [1.29, 1.82) is 0 Å². The highest BCUT2D eigenvalue weighted by atomic mass is 19.1. The second kappa shape index (κ2) is 10.8. The monoisotopic (exact) mass is 506 g/mol. The molecule has 0 unspecified atom stereocenters. The van der Waals surface area contributed by atoms with E-state index >= 15 is 0 Å². The van der Waals surface area contributed by atoms with E-state index in [9.17, 15) is 9.18 Å². The predicted molar refractivity (Wildman–Crippen MR) is 144 cm³/mol. The minimum Gasteiger partial charge on any atom is -0.495 e. The highest BCUT2D eigenvalue weighted by Gasteiger charge is 2.31. The maximum atomic E-state index is 14.1. The van der Waals surface area contributed by atoms with Crippen LogP contribution in [0.4, 0.5) is 15.8 Å². The Hall–Kier alpha value is -3.52. The quantitative estimate of drug-likeness (QED) is 0.504. The van der Waals surface area contributed by atoms with Gasteiger partial charge in [0.25, 0.3) is 5.91 Å². The average Bonchev–Trinajstić information content (AvgIpc) is 3.18. The molecule has 0 atom stereocenters. The Morgan fingerprint density at radius 2 is 1.59 bits per heavy atom. The van der Waals surface area contributed by atoms with Gasteiger partial charge >= 0.3 is 0 Å². The normalized spacial score (nSPS) is 16.3. The lowest BCUT2D eigenvalue weighted by molar-refractivity contribution is 0.0735. The average molecular weight is 507 g/mol. The van der Waals surface area contributed by atoms with E-state index in [-0.39, 0.29) is 11.7 Å². The molecular formula is C29H35FN4O3. The Morgan fingerprint density at radius 1 is 0.919 bits per heavy atom. The highest BCUT2D eigenvalue weighted by molar-refractivity contribution is 5.97. The van der Waals surface area contributed by atoms with E-state index < -0.39 is 0 Å². The van der Waals surface area contributed by atoms with E-state index in [0.717, 1.165) is 60.1 Å². The zero-order valence-corrected chi connectivity index (χ0v) is 21.9. The van der Waals surface area contributed by atoms with Gasteiger partial charge in [-0.3, -0.25) is 4.79 Å². The molecule has 0 bridgehead atoms. The number of ether oxygens (including phenoxy) is 2. The number of para-hydroxylation sites is 2. The standard InChI is InChI=1S/C29H35FN4O3/c1-21-27(32-16-18-37-19-17-32)22(2)34(20-23-8-10-24(30)11-9-23)28(21)29(35)33-14-12-31(13-15-33)25-6-4-5-7-26(25)36-3/h4-11H,12-20H2,1-3H3. The number of carbonyl (C=O) groups excluding carboxylic acids is 1. The van der Waals surface area contributed by atoms with Crippen LogP contribution in [0.15, 0.2) is 48.5 Å². The van der Waals surface area contributed by atoms with Gasteiger partial charge in [-0.2, -0.15) is 0 Å². The molecule has 8 heteroatoms. The number of benzene rings is 2. The number of rotatable bonds is 6. The van der Waals surface area contributed by atoms with Crippen molar-refractivity contribution in [3.8, 4) is 5.75 Å². The summed E-state index contributed by atoms with van der Waals surface area (Å²) < 4.78 is 26.8. The van der Waals surface area contributed by atoms with Gasteiger partial charge in [0.2, 0.25) is 0 Å². The lowest BCUT2D eigenvalue weighted by Crippen LogP contribution is -2.49. The lowest BCUT2D eigenvalue weighted by Gasteiger charge is -2.37. The van der Waals surface area contributed by atoms with Crippen LogP contribution in [0.1, 0.15) is 27.3 Å². The topological polar surface area (TPSA) is 50.2 Å². The summed E-state index contributed by atoms with van der Waals surface area (Å²) in [4.78, 5) is 20.6. The van der Waals surface area contributed by atoms with E-state index in [0.29, 0.717) is 38.5 Å². The van der Waals surface area contributed by atoms with Crippen LogP contribution < -0.4 is 14.5 Å². The fourth-order valence-electron chi connectivity index (χ4n) is 5.57. The fourth-order valence-corrected chi connectivity index (χ4v) is 5.57. The molecule has 2 fully saturated rings. The van der Waals surface area contributed by atoms with Gasteiger partial charge in [-0.1, -0.05) is 24.3 Å². The maximum Gasteiger partial charge on any atom is 0.270 e. The van der Waals surface area contributed by atoms with Crippen LogP contribution in [-0.4, -0.2) is 75.0 Å². The zero-order valence-electron chi connectivity index (χ0n) is 21.9. The van der Waals surface area contributed by atoms with Gasteiger partial charge in [0.1, 0.15) is 17.3 Å². The molecule has 3 heterocycles. The van der Waals surface area contributed by atoms with E-state index in [1.54, 1.807) is 19.2 Å². The lowest BCUT2D eigenvalue weighted by atomic mass is 10.1. The van der Waals surface area contributed by atoms with Gasteiger partial charge in [-0.25, -0.2) is 4.39 Å². The predicted octanol–water partition coefficient (Wildman–Crippen LogP) is 4.10. The molecular weight excluding hydrogens is 471 g/mol. The van der Waals surface area contributed by atoms with E-state index in [4.69, 9.17) is 9.47 Å². The molecule has 2 aliphatic rings. The third kappa shape index (κ3) is 5.03. The van der Waals surface area contributed by atoms with E-state index in [2.05, 4.69) is 34.3 Å². The van der Waals surface area contributed by atoms with Gasteiger partial charge < -0.3 is 28.7 Å². The summed E-state index contributed by atoms with van der Waals surface area (Å²) in [6.45, 7) is 10.3. The molecule has 1 aromatic heterocycles. The van der Waals surface area contributed by atoms with Crippen LogP contribution >= 0.6 is 0 Å². The van der Waals surface area contributed by atoms with Crippen LogP contribution in [0, 0.1) is 19.7 Å². The number of nitrogens with zero attached hydrogens (tertiary/aromatic N) is 4. The summed E-state index contributed by atoms with van der Waals surface area (Å²) in [5.41, 5.74) is 5.90. The molecule has 0 aliphatic carbocycles. The number of anilines is 2. The second-order valence-corrected chi connectivity index (χ2v) is 9.67. The molecule has 2 aliphatic heterocycles. The molecule has 3 aromatic rings. The first-order chi connectivity index (χ1) is 18.0. The van der Waals surface area contributed by atoms with Gasteiger partial charge in [0.05, 0.1) is 31.7 Å². The fraction of sp³-hybridized carbons (Fsp3) is 0.414. The van der Waals surface area contributed by atoms with Crippen molar-refractivity contribution in [3.63, 3.8) is 0 Å². The molecule has 37 heavy (non-hydrogen) atoms.